The van der Waals surface area contributed by atoms with Crippen molar-refractivity contribution in [3.05, 3.63) is 47.3 Å². The van der Waals surface area contributed by atoms with Gasteiger partial charge in [0, 0.05) is 36.4 Å². The van der Waals surface area contributed by atoms with E-state index in [1.165, 1.54) is 4.88 Å². The first-order valence-electron chi connectivity index (χ1n) is 7.97. The van der Waals surface area contributed by atoms with E-state index in [2.05, 4.69) is 11.4 Å². The summed E-state index contributed by atoms with van der Waals surface area (Å²) in [4.78, 5) is 15.8. The van der Waals surface area contributed by atoms with Crippen LogP contribution in [0.5, 0.6) is 0 Å². The van der Waals surface area contributed by atoms with Crippen molar-refractivity contribution < 1.29 is 14.3 Å². The highest BCUT2D eigenvalue weighted by atomic mass is 32.1. The largest absolute Gasteiger partial charge is 0.347 e. The van der Waals surface area contributed by atoms with Gasteiger partial charge in [0.1, 0.15) is 0 Å². The lowest BCUT2D eigenvalue weighted by atomic mass is 10.0. The molecular formula is C18H19NO3S. The molecule has 0 atom stereocenters. The Labute approximate surface area is 139 Å². The number of likely N-dealkylation sites (tertiary alicyclic amines) is 1. The van der Waals surface area contributed by atoms with Gasteiger partial charge in [-0.15, -0.1) is 11.3 Å². The molecule has 3 heterocycles. The number of hydrogen-bond donors (Lipinski definition) is 0. The van der Waals surface area contributed by atoms with Crippen LogP contribution < -0.4 is 0 Å². The SMILES string of the molecule is O=C(c1ccc(-c2cccs2)cc1)N1CCC2(CC1)OCCO2. The molecule has 2 fully saturated rings. The average molecular weight is 329 g/mol. The molecule has 23 heavy (non-hydrogen) atoms. The molecule has 1 aromatic carbocycles. The van der Waals surface area contributed by atoms with Gasteiger partial charge in [0.2, 0.25) is 0 Å². The number of carbonyl (C=O) groups is 1. The van der Waals surface area contributed by atoms with E-state index in [-0.39, 0.29) is 5.91 Å². The van der Waals surface area contributed by atoms with Crippen molar-refractivity contribution in [2.75, 3.05) is 26.3 Å². The third-order valence-electron chi connectivity index (χ3n) is 4.56. The maximum absolute atomic E-state index is 12.6. The van der Waals surface area contributed by atoms with Crippen LogP contribution in [-0.4, -0.2) is 42.9 Å². The highest BCUT2D eigenvalue weighted by molar-refractivity contribution is 7.13. The topological polar surface area (TPSA) is 38.8 Å². The predicted molar refractivity (Wildman–Crippen MR) is 89.5 cm³/mol. The smallest absolute Gasteiger partial charge is 0.253 e. The molecule has 120 valence electrons. The van der Waals surface area contributed by atoms with E-state index in [1.807, 2.05) is 35.2 Å². The van der Waals surface area contributed by atoms with E-state index < -0.39 is 5.79 Å². The summed E-state index contributed by atoms with van der Waals surface area (Å²) < 4.78 is 11.4. The van der Waals surface area contributed by atoms with Gasteiger partial charge in [-0.05, 0) is 29.1 Å². The number of hydrogen-bond acceptors (Lipinski definition) is 4. The van der Waals surface area contributed by atoms with Crippen LogP contribution in [-0.2, 0) is 9.47 Å². The standard InChI is InChI=1S/C18H19NO3S/c20-17(19-9-7-18(8-10-19)21-11-12-22-18)15-5-3-14(4-6-15)16-2-1-13-23-16/h1-6,13H,7-12H2. The van der Waals surface area contributed by atoms with Crippen molar-refractivity contribution in [2.45, 2.75) is 18.6 Å². The molecular weight excluding hydrogens is 310 g/mol. The highest BCUT2D eigenvalue weighted by Crippen LogP contribution is 2.32. The normalized spacial score (nSPS) is 20.1. The summed E-state index contributed by atoms with van der Waals surface area (Å²) in [5.41, 5.74) is 1.90. The van der Waals surface area contributed by atoms with Gasteiger partial charge in [0.25, 0.3) is 5.91 Å². The Balaban J connectivity index is 1.43. The fraction of sp³-hybridized carbons (Fsp3) is 0.389. The number of carbonyl (C=O) groups excluding carboxylic acids is 1. The molecule has 2 aliphatic heterocycles. The van der Waals surface area contributed by atoms with E-state index >= 15 is 0 Å². The van der Waals surface area contributed by atoms with E-state index in [0.717, 1.165) is 24.0 Å². The molecule has 4 nitrogen and oxygen atoms in total. The minimum absolute atomic E-state index is 0.0931. The first-order valence-corrected chi connectivity index (χ1v) is 8.85. The third-order valence-corrected chi connectivity index (χ3v) is 5.48. The molecule has 0 saturated carbocycles. The Morgan fingerprint density at radius 3 is 2.35 bits per heavy atom. The number of thiophene rings is 1. The van der Waals surface area contributed by atoms with Gasteiger partial charge in [0.15, 0.2) is 5.79 Å². The second kappa shape index (κ2) is 6.07. The van der Waals surface area contributed by atoms with E-state index in [0.29, 0.717) is 26.3 Å². The van der Waals surface area contributed by atoms with Crippen LogP contribution >= 0.6 is 11.3 Å². The van der Waals surface area contributed by atoms with E-state index in [1.54, 1.807) is 11.3 Å². The van der Waals surface area contributed by atoms with E-state index in [4.69, 9.17) is 9.47 Å². The number of rotatable bonds is 2. The Bertz CT molecular complexity index is 665. The van der Waals surface area contributed by atoms with Crippen molar-refractivity contribution in [1.82, 2.24) is 4.90 Å². The van der Waals surface area contributed by atoms with Crippen LogP contribution in [0.2, 0.25) is 0 Å². The highest BCUT2D eigenvalue weighted by Gasteiger charge is 2.40. The molecule has 4 rings (SSSR count). The fourth-order valence-electron chi connectivity index (χ4n) is 3.24. The van der Waals surface area contributed by atoms with Crippen LogP contribution in [0.3, 0.4) is 0 Å². The average Bonchev–Trinajstić information content (AvgIpc) is 3.28. The molecule has 0 N–H and O–H groups in total. The van der Waals surface area contributed by atoms with E-state index in [9.17, 15) is 4.79 Å². The molecule has 2 aliphatic rings. The maximum Gasteiger partial charge on any atom is 0.253 e. The van der Waals surface area contributed by atoms with Gasteiger partial charge in [-0.2, -0.15) is 0 Å². The molecule has 0 aliphatic carbocycles. The molecule has 0 bridgehead atoms. The van der Waals surface area contributed by atoms with Crippen LogP contribution in [0, 0.1) is 0 Å². The zero-order valence-corrected chi connectivity index (χ0v) is 13.7. The van der Waals surface area contributed by atoms with Crippen LogP contribution in [0.1, 0.15) is 23.2 Å². The Hall–Kier alpha value is -1.69. The maximum atomic E-state index is 12.6. The van der Waals surface area contributed by atoms with Crippen molar-refractivity contribution >= 4 is 17.2 Å². The quantitative estimate of drug-likeness (QED) is 0.848. The third kappa shape index (κ3) is 2.92. The summed E-state index contributed by atoms with van der Waals surface area (Å²) in [5.74, 6) is -0.338. The van der Waals surface area contributed by atoms with Crippen molar-refractivity contribution in [1.29, 1.82) is 0 Å². The lowest BCUT2D eigenvalue weighted by Gasteiger charge is -2.37. The molecule has 1 amide bonds. The Morgan fingerprint density at radius 2 is 1.74 bits per heavy atom. The second-order valence-electron chi connectivity index (χ2n) is 5.95. The molecule has 5 heteroatoms. The lowest BCUT2D eigenvalue weighted by molar-refractivity contribution is -0.181. The molecule has 1 spiro atoms. The van der Waals surface area contributed by atoms with Crippen LogP contribution in [0.15, 0.2) is 41.8 Å². The number of amides is 1. The summed E-state index contributed by atoms with van der Waals surface area (Å²) >= 11 is 1.71. The predicted octanol–water partition coefficient (Wildman–Crippen LogP) is 3.39. The molecule has 0 radical (unpaired) electrons. The first kappa shape index (κ1) is 14.9. The van der Waals surface area contributed by atoms with Crippen LogP contribution in [0.4, 0.5) is 0 Å². The minimum atomic E-state index is -0.431. The first-order chi connectivity index (χ1) is 11.3. The summed E-state index contributed by atoms with van der Waals surface area (Å²) in [7, 11) is 0. The molecule has 1 aromatic heterocycles. The fourth-order valence-corrected chi connectivity index (χ4v) is 3.97. The number of benzene rings is 1. The summed E-state index contributed by atoms with van der Waals surface area (Å²) in [5, 5.41) is 2.06. The van der Waals surface area contributed by atoms with Crippen LogP contribution in [0.25, 0.3) is 10.4 Å². The second-order valence-corrected chi connectivity index (χ2v) is 6.90. The lowest BCUT2D eigenvalue weighted by Crippen LogP contribution is -2.47. The zero-order chi connectivity index (χ0) is 15.7. The number of piperidine rings is 1. The molecule has 0 unspecified atom stereocenters. The molecule has 2 aromatic rings. The van der Waals surface area contributed by atoms with Crippen molar-refractivity contribution in [3.8, 4) is 10.4 Å². The summed E-state index contributed by atoms with van der Waals surface area (Å²) in [6, 6.07) is 12.0. The summed E-state index contributed by atoms with van der Waals surface area (Å²) in [6.45, 7) is 2.70. The Morgan fingerprint density at radius 1 is 1.04 bits per heavy atom. The molecule has 2 saturated heterocycles. The monoisotopic (exact) mass is 329 g/mol. The van der Waals surface area contributed by atoms with Crippen molar-refractivity contribution in [3.63, 3.8) is 0 Å². The minimum Gasteiger partial charge on any atom is -0.347 e. The zero-order valence-electron chi connectivity index (χ0n) is 12.9. The van der Waals surface area contributed by atoms with Gasteiger partial charge < -0.3 is 14.4 Å². The number of nitrogens with zero attached hydrogens (tertiary/aromatic N) is 1. The van der Waals surface area contributed by atoms with Gasteiger partial charge in [-0.1, -0.05) is 18.2 Å². The Kier molecular flexibility index (Phi) is 3.93. The van der Waals surface area contributed by atoms with Gasteiger partial charge in [-0.3, -0.25) is 4.79 Å². The van der Waals surface area contributed by atoms with Gasteiger partial charge in [-0.25, -0.2) is 0 Å². The van der Waals surface area contributed by atoms with Gasteiger partial charge >= 0.3 is 0 Å². The number of ether oxygens (including phenoxy) is 2. The summed E-state index contributed by atoms with van der Waals surface area (Å²) in [6.07, 6.45) is 1.51. The van der Waals surface area contributed by atoms with Crippen molar-refractivity contribution in [2.24, 2.45) is 0 Å². The van der Waals surface area contributed by atoms with Gasteiger partial charge in [0.05, 0.1) is 13.2 Å².